The fourth-order valence-electron chi connectivity index (χ4n) is 1.68. The van der Waals surface area contributed by atoms with Gasteiger partial charge in [-0.1, -0.05) is 22.8 Å². The van der Waals surface area contributed by atoms with E-state index in [4.69, 9.17) is 20.4 Å². The standard InChI is InChI=1S/C13H6BrClFN3O3/c14-9-5-4-8(21-9)12-18-19-13(22-12)17-11(20)10-6(15)2-1-3-7(10)16/h1-5H,(H,17,19,20). The molecule has 0 saturated heterocycles. The number of aromatic nitrogens is 2. The maximum atomic E-state index is 13.6. The molecule has 0 unspecified atom stereocenters. The van der Waals surface area contributed by atoms with Crippen LogP contribution in [0.4, 0.5) is 10.4 Å². The number of rotatable bonds is 3. The predicted molar refractivity (Wildman–Crippen MR) is 79.1 cm³/mol. The minimum atomic E-state index is -0.793. The molecule has 1 aromatic carbocycles. The van der Waals surface area contributed by atoms with E-state index in [1.54, 1.807) is 12.1 Å². The Hall–Kier alpha value is -2.19. The van der Waals surface area contributed by atoms with Crippen molar-refractivity contribution in [3.05, 3.63) is 51.4 Å². The van der Waals surface area contributed by atoms with Crippen LogP contribution in [0, 0.1) is 5.82 Å². The van der Waals surface area contributed by atoms with Crippen LogP contribution in [-0.4, -0.2) is 16.1 Å². The quantitative estimate of drug-likeness (QED) is 0.732. The smallest absolute Gasteiger partial charge is 0.322 e. The van der Waals surface area contributed by atoms with E-state index in [2.05, 4.69) is 31.4 Å². The van der Waals surface area contributed by atoms with Crippen LogP contribution in [0.5, 0.6) is 0 Å². The molecule has 0 saturated carbocycles. The summed E-state index contributed by atoms with van der Waals surface area (Å²) >= 11 is 8.95. The lowest BCUT2D eigenvalue weighted by atomic mass is 10.2. The molecule has 0 bridgehead atoms. The van der Waals surface area contributed by atoms with Gasteiger partial charge in [0.15, 0.2) is 10.4 Å². The second-order valence-electron chi connectivity index (χ2n) is 4.07. The zero-order chi connectivity index (χ0) is 15.7. The van der Waals surface area contributed by atoms with E-state index in [1.165, 1.54) is 12.1 Å². The van der Waals surface area contributed by atoms with Gasteiger partial charge in [0, 0.05) is 0 Å². The highest BCUT2D eigenvalue weighted by atomic mass is 79.9. The molecule has 0 spiro atoms. The van der Waals surface area contributed by atoms with Crippen molar-refractivity contribution in [3.8, 4) is 11.7 Å². The number of anilines is 1. The second-order valence-corrected chi connectivity index (χ2v) is 5.26. The minimum absolute atomic E-state index is 0.0211. The van der Waals surface area contributed by atoms with Gasteiger partial charge in [-0.15, -0.1) is 5.10 Å². The third kappa shape index (κ3) is 2.88. The van der Waals surface area contributed by atoms with Crippen LogP contribution < -0.4 is 5.32 Å². The van der Waals surface area contributed by atoms with Crippen molar-refractivity contribution < 1.29 is 18.0 Å². The molecule has 1 N–H and O–H groups in total. The molecule has 1 amide bonds. The van der Waals surface area contributed by atoms with Crippen LogP contribution in [0.3, 0.4) is 0 Å². The summed E-state index contributed by atoms with van der Waals surface area (Å²) in [5, 5.41) is 9.61. The number of benzene rings is 1. The molecule has 0 fully saturated rings. The fraction of sp³-hybridized carbons (Fsp3) is 0. The first-order valence-electron chi connectivity index (χ1n) is 5.89. The van der Waals surface area contributed by atoms with Crippen LogP contribution in [0.2, 0.25) is 5.02 Å². The molecule has 3 aromatic rings. The van der Waals surface area contributed by atoms with Gasteiger partial charge in [0.05, 0.1) is 10.6 Å². The molecule has 22 heavy (non-hydrogen) atoms. The summed E-state index contributed by atoms with van der Waals surface area (Å²) < 4.78 is 24.6. The average Bonchev–Trinajstić information content (AvgIpc) is 3.07. The molecule has 0 aliphatic heterocycles. The molecule has 0 aliphatic carbocycles. The number of hydrogen-bond donors (Lipinski definition) is 1. The van der Waals surface area contributed by atoms with Gasteiger partial charge in [-0.05, 0) is 40.2 Å². The summed E-state index contributed by atoms with van der Waals surface area (Å²) in [6, 6.07) is 6.98. The minimum Gasteiger partial charge on any atom is -0.444 e. The zero-order valence-electron chi connectivity index (χ0n) is 10.6. The van der Waals surface area contributed by atoms with Gasteiger partial charge in [-0.3, -0.25) is 10.1 Å². The zero-order valence-corrected chi connectivity index (χ0v) is 13.0. The third-order valence-corrected chi connectivity index (χ3v) is 3.36. The number of hydrogen-bond acceptors (Lipinski definition) is 5. The van der Waals surface area contributed by atoms with E-state index < -0.39 is 11.7 Å². The summed E-state index contributed by atoms with van der Waals surface area (Å²) in [4.78, 5) is 12.0. The molecule has 0 radical (unpaired) electrons. The summed E-state index contributed by atoms with van der Waals surface area (Å²) in [6.07, 6.45) is 0. The van der Waals surface area contributed by atoms with Gasteiger partial charge in [-0.25, -0.2) is 4.39 Å². The van der Waals surface area contributed by atoms with Gasteiger partial charge >= 0.3 is 6.01 Å². The molecule has 2 heterocycles. The molecule has 112 valence electrons. The Balaban J connectivity index is 1.82. The summed E-state index contributed by atoms with van der Waals surface area (Å²) in [7, 11) is 0. The fourth-order valence-corrected chi connectivity index (χ4v) is 2.23. The molecular formula is C13H6BrClFN3O3. The number of carbonyl (C=O) groups is 1. The Morgan fingerprint density at radius 2 is 2.05 bits per heavy atom. The Morgan fingerprint density at radius 1 is 1.23 bits per heavy atom. The van der Waals surface area contributed by atoms with Gasteiger partial charge in [0.25, 0.3) is 11.8 Å². The number of carbonyl (C=O) groups excluding carboxylic acids is 1. The maximum absolute atomic E-state index is 13.6. The summed E-state index contributed by atoms with van der Waals surface area (Å²) in [6.45, 7) is 0. The van der Waals surface area contributed by atoms with Crippen LogP contribution in [0.1, 0.15) is 10.4 Å². The third-order valence-electron chi connectivity index (χ3n) is 2.62. The number of nitrogens with one attached hydrogen (secondary N) is 1. The van der Waals surface area contributed by atoms with Gasteiger partial charge in [0.1, 0.15) is 5.82 Å². The number of furan rings is 1. The van der Waals surface area contributed by atoms with E-state index in [0.717, 1.165) is 6.07 Å². The first-order valence-corrected chi connectivity index (χ1v) is 7.06. The monoisotopic (exact) mass is 385 g/mol. The van der Waals surface area contributed by atoms with Crippen molar-refractivity contribution in [2.24, 2.45) is 0 Å². The number of nitrogens with zero attached hydrogens (tertiary/aromatic N) is 2. The SMILES string of the molecule is O=C(Nc1nnc(-c2ccc(Br)o2)o1)c1c(F)cccc1Cl. The van der Waals surface area contributed by atoms with Crippen molar-refractivity contribution >= 4 is 39.5 Å². The largest absolute Gasteiger partial charge is 0.444 e. The normalized spacial score (nSPS) is 10.7. The van der Waals surface area contributed by atoms with Crippen molar-refractivity contribution in [2.75, 3.05) is 5.32 Å². The summed E-state index contributed by atoms with van der Waals surface area (Å²) in [5.41, 5.74) is -0.301. The number of amides is 1. The van der Waals surface area contributed by atoms with Crippen molar-refractivity contribution in [1.82, 2.24) is 10.2 Å². The van der Waals surface area contributed by atoms with E-state index in [-0.39, 0.29) is 22.5 Å². The Morgan fingerprint density at radius 3 is 2.73 bits per heavy atom. The molecule has 0 aliphatic rings. The first-order chi connectivity index (χ1) is 10.5. The Labute approximate surface area is 136 Å². The van der Waals surface area contributed by atoms with E-state index >= 15 is 0 Å². The lowest BCUT2D eigenvalue weighted by Crippen LogP contribution is -2.14. The molecular weight excluding hydrogens is 381 g/mol. The predicted octanol–water partition coefficient (Wildman–Crippen LogP) is 4.14. The van der Waals surface area contributed by atoms with E-state index in [9.17, 15) is 9.18 Å². The Kier molecular flexibility index (Phi) is 3.95. The highest BCUT2D eigenvalue weighted by Gasteiger charge is 2.19. The van der Waals surface area contributed by atoms with Crippen molar-refractivity contribution in [2.45, 2.75) is 0 Å². The van der Waals surface area contributed by atoms with Gasteiger partial charge in [0.2, 0.25) is 0 Å². The number of halogens is 3. The van der Waals surface area contributed by atoms with E-state index in [1.807, 2.05) is 0 Å². The molecule has 0 atom stereocenters. The van der Waals surface area contributed by atoms with Crippen LogP contribution in [0.15, 0.2) is 43.8 Å². The average molecular weight is 387 g/mol. The van der Waals surface area contributed by atoms with Crippen LogP contribution in [0.25, 0.3) is 11.7 Å². The lowest BCUT2D eigenvalue weighted by molar-refractivity contribution is 0.102. The summed E-state index contributed by atoms with van der Waals surface area (Å²) in [5.74, 6) is -1.15. The van der Waals surface area contributed by atoms with Gasteiger partial charge < -0.3 is 8.83 Å². The van der Waals surface area contributed by atoms with Crippen LogP contribution >= 0.6 is 27.5 Å². The topological polar surface area (TPSA) is 81.2 Å². The highest BCUT2D eigenvalue weighted by molar-refractivity contribution is 9.10. The van der Waals surface area contributed by atoms with E-state index in [0.29, 0.717) is 10.4 Å². The van der Waals surface area contributed by atoms with Gasteiger partial charge in [-0.2, -0.15) is 0 Å². The van der Waals surface area contributed by atoms with Crippen LogP contribution in [-0.2, 0) is 0 Å². The molecule has 6 nitrogen and oxygen atoms in total. The maximum Gasteiger partial charge on any atom is 0.322 e. The highest BCUT2D eigenvalue weighted by Crippen LogP contribution is 2.25. The first kappa shape index (κ1) is 14.7. The van der Waals surface area contributed by atoms with Crippen molar-refractivity contribution in [3.63, 3.8) is 0 Å². The molecule has 9 heteroatoms. The Bertz CT molecular complexity index is 828. The second kappa shape index (κ2) is 5.90. The molecule has 2 aromatic heterocycles. The van der Waals surface area contributed by atoms with Crippen molar-refractivity contribution in [1.29, 1.82) is 0 Å². The lowest BCUT2D eigenvalue weighted by Gasteiger charge is -2.03. The molecule has 3 rings (SSSR count).